The molecule has 1 saturated carbocycles. The smallest absolute Gasteiger partial charge is 0.123 e. The minimum absolute atomic E-state index is 0.125. The van der Waals surface area contributed by atoms with Crippen LogP contribution >= 0.6 is 15.9 Å². The molecule has 2 heteroatoms. The lowest BCUT2D eigenvalue weighted by atomic mass is 9.65. The molecule has 1 aliphatic carbocycles. The zero-order valence-electron chi connectivity index (χ0n) is 14.0. The predicted molar refractivity (Wildman–Crippen MR) is 94.5 cm³/mol. The van der Waals surface area contributed by atoms with Gasteiger partial charge in [-0.05, 0) is 50.0 Å². The van der Waals surface area contributed by atoms with Gasteiger partial charge in [-0.25, -0.2) is 0 Å². The molecule has 0 bridgehead atoms. The molecule has 1 aromatic rings. The first-order valence-corrected chi connectivity index (χ1v) is 9.14. The van der Waals surface area contributed by atoms with Gasteiger partial charge in [-0.1, -0.05) is 61.3 Å². The largest absolute Gasteiger partial charge is 0.491 e. The summed E-state index contributed by atoms with van der Waals surface area (Å²) in [5.74, 6) is 2.55. The van der Waals surface area contributed by atoms with Crippen LogP contribution in [0.5, 0.6) is 5.75 Å². The van der Waals surface area contributed by atoms with Crippen molar-refractivity contribution in [2.45, 2.75) is 70.2 Å². The SMILES string of the molecule is CC1CCC(C(C)(C)c2ccccc2OC(C)C)C(Br)C1. The quantitative estimate of drug-likeness (QED) is 0.608. The van der Waals surface area contributed by atoms with E-state index in [1.54, 1.807) is 0 Å². The van der Waals surface area contributed by atoms with Crippen molar-refractivity contribution in [1.82, 2.24) is 0 Å². The molecule has 0 saturated heterocycles. The Kier molecular flexibility index (Phi) is 5.40. The van der Waals surface area contributed by atoms with Gasteiger partial charge in [0.2, 0.25) is 0 Å². The van der Waals surface area contributed by atoms with Crippen LogP contribution in [-0.2, 0) is 5.41 Å². The average Bonchev–Trinajstić information content (AvgIpc) is 2.37. The Hall–Kier alpha value is -0.500. The lowest BCUT2D eigenvalue weighted by Gasteiger charge is -2.43. The molecule has 0 amide bonds. The fourth-order valence-electron chi connectivity index (χ4n) is 3.68. The van der Waals surface area contributed by atoms with Gasteiger partial charge < -0.3 is 4.74 Å². The van der Waals surface area contributed by atoms with E-state index in [1.165, 1.54) is 24.8 Å². The Balaban J connectivity index is 2.30. The topological polar surface area (TPSA) is 9.23 Å². The summed E-state index contributed by atoms with van der Waals surface area (Å²) in [6, 6.07) is 8.58. The lowest BCUT2D eigenvalue weighted by Crippen LogP contribution is -2.39. The number of alkyl halides is 1. The van der Waals surface area contributed by atoms with Gasteiger partial charge in [0.05, 0.1) is 6.10 Å². The van der Waals surface area contributed by atoms with Crippen molar-refractivity contribution in [2.24, 2.45) is 11.8 Å². The molecule has 0 spiro atoms. The fourth-order valence-corrected chi connectivity index (χ4v) is 5.24. The Morgan fingerprint density at radius 2 is 1.86 bits per heavy atom. The zero-order chi connectivity index (χ0) is 15.6. The summed E-state index contributed by atoms with van der Waals surface area (Å²) >= 11 is 3.96. The van der Waals surface area contributed by atoms with Crippen molar-refractivity contribution >= 4 is 15.9 Å². The van der Waals surface area contributed by atoms with Crippen LogP contribution in [0.1, 0.15) is 59.4 Å². The minimum Gasteiger partial charge on any atom is -0.491 e. The molecule has 1 aliphatic rings. The van der Waals surface area contributed by atoms with E-state index >= 15 is 0 Å². The number of ether oxygens (including phenoxy) is 1. The third kappa shape index (κ3) is 3.83. The average molecular weight is 353 g/mol. The Labute approximate surface area is 138 Å². The van der Waals surface area contributed by atoms with E-state index < -0.39 is 0 Å². The molecule has 0 radical (unpaired) electrons. The lowest BCUT2D eigenvalue weighted by molar-refractivity contribution is 0.197. The predicted octanol–water partition coefficient (Wildman–Crippen LogP) is 5.95. The second kappa shape index (κ2) is 6.73. The van der Waals surface area contributed by atoms with E-state index in [0.29, 0.717) is 10.7 Å². The molecule has 2 rings (SSSR count). The van der Waals surface area contributed by atoms with Crippen LogP contribution in [0.25, 0.3) is 0 Å². The van der Waals surface area contributed by atoms with Gasteiger partial charge in [0.1, 0.15) is 5.75 Å². The summed E-state index contributed by atoms with van der Waals surface area (Å²) in [7, 11) is 0. The second-order valence-electron chi connectivity index (χ2n) is 7.43. The highest BCUT2D eigenvalue weighted by Gasteiger charge is 2.40. The third-order valence-corrected chi connectivity index (χ3v) is 5.92. The third-order valence-electron chi connectivity index (χ3n) is 4.91. The van der Waals surface area contributed by atoms with E-state index in [9.17, 15) is 0 Å². The first kappa shape index (κ1) is 16.9. The van der Waals surface area contributed by atoms with E-state index in [1.807, 2.05) is 0 Å². The molecule has 1 aromatic carbocycles. The number of benzene rings is 1. The van der Waals surface area contributed by atoms with Crippen molar-refractivity contribution in [3.05, 3.63) is 29.8 Å². The van der Waals surface area contributed by atoms with Gasteiger partial charge >= 0.3 is 0 Å². The Morgan fingerprint density at radius 3 is 2.48 bits per heavy atom. The maximum absolute atomic E-state index is 6.06. The molecule has 3 unspecified atom stereocenters. The summed E-state index contributed by atoms with van der Waals surface area (Å²) in [6.45, 7) is 11.3. The molecule has 0 heterocycles. The van der Waals surface area contributed by atoms with Crippen LogP contribution in [0.2, 0.25) is 0 Å². The minimum atomic E-state index is 0.125. The van der Waals surface area contributed by atoms with Gasteiger partial charge in [0.25, 0.3) is 0 Å². The molecule has 1 fully saturated rings. The van der Waals surface area contributed by atoms with Gasteiger partial charge in [-0.2, -0.15) is 0 Å². The van der Waals surface area contributed by atoms with E-state index in [-0.39, 0.29) is 11.5 Å². The van der Waals surface area contributed by atoms with Crippen molar-refractivity contribution in [3.8, 4) is 5.75 Å². The van der Waals surface area contributed by atoms with Crippen LogP contribution in [0.15, 0.2) is 24.3 Å². The van der Waals surface area contributed by atoms with Crippen molar-refractivity contribution in [2.75, 3.05) is 0 Å². The molecular weight excluding hydrogens is 324 g/mol. The fraction of sp³-hybridized carbons (Fsp3) is 0.684. The first-order chi connectivity index (χ1) is 9.82. The van der Waals surface area contributed by atoms with E-state index in [0.717, 1.165) is 11.7 Å². The van der Waals surface area contributed by atoms with Gasteiger partial charge in [-0.3, -0.25) is 0 Å². The van der Waals surface area contributed by atoms with Crippen molar-refractivity contribution in [3.63, 3.8) is 0 Å². The molecular formula is C19H29BrO. The number of halogens is 1. The summed E-state index contributed by atoms with van der Waals surface area (Å²) in [4.78, 5) is 0.600. The van der Waals surface area contributed by atoms with Gasteiger partial charge in [0, 0.05) is 10.4 Å². The van der Waals surface area contributed by atoms with Crippen molar-refractivity contribution < 1.29 is 4.74 Å². The van der Waals surface area contributed by atoms with E-state index in [4.69, 9.17) is 4.74 Å². The van der Waals surface area contributed by atoms with Gasteiger partial charge in [-0.15, -0.1) is 0 Å². The zero-order valence-corrected chi connectivity index (χ0v) is 15.6. The molecule has 0 aliphatic heterocycles. The number of rotatable bonds is 4. The highest BCUT2D eigenvalue weighted by molar-refractivity contribution is 9.09. The summed E-state index contributed by atoms with van der Waals surface area (Å²) in [5.41, 5.74) is 1.47. The maximum Gasteiger partial charge on any atom is 0.123 e. The standard InChI is InChI=1S/C19H29BrO/c1-13(2)21-18-9-7-6-8-16(18)19(4,5)15-11-10-14(3)12-17(15)20/h6-9,13-15,17H,10-12H2,1-5H3. The molecule has 1 nitrogen and oxygen atoms in total. The van der Waals surface area contributed by atoms with Crippen LogP contribution in [0, 0.1) is 11.8 Å². The Morgan fingerprint density at radius 1 is 1.19 bits per heavy atom. The second-order valence-corrected chi connectivity index (χ2v) is 8.60. The summed E-state index contributed by atoms with van der Waals surface area (Å²) in [5, 5.41) is 0. The van der Waals surface area contributed by atoms with Crippen LogP contribution in [0.3, 0.4) is 0 Å². The maximum atomic E-state index is 6.06. The first-order valence-electron chi connectivity index (χ1n) is 8.22. The van der Waals surface area contributed by atoms with Crippen LogP contribution in [-0.4, -0.2) is 10.9 Å². The van der Waals surface area contributed by atoms with Crippen molar-refractivity contribution in [1.29, 1.82) is 0 Å². The van der Waals surface area contributed by atoms with Crippen LogP contribution in [0.4, 0.5) is 0 Å². The summed E-state index contributed by atoms with van der Waals surface area (Å²) < 4.78 is 6.06. The van der Waals surface area contributed by atoms with E-state index in [2.05, 4.69) is 74.8 Å². The molecule has 0 aromatic heterocycles. The molecule has 118 valence electrons. The number of hydrogen-bond acceptors (Lipinski definition) is 1. The number of hydrogen-bond donors (Lipinski definition) is 0. The van der Waals surface area contributed by atoms with Crippen LogP contribution < -0.4 is 4.74 Å². The molecule has 3 atom stereocenters. The Bertz CT molecular complexity index is 466. The molecule has 0 N–H and O–H groups in total. The molecule has 21 heavy (non-hydrogen) atoms. The normalized spacial score (nSPS) is 26.9. The highest BCUT2D eigenvalue weighted by atomic mass is 79.9. The summed E-state index contributed by atoms with van der Waals surface area (Å²) in [6.07, 6.45) is 4.12. The van der Waals surface area contributed by atoms with Gasteiger partial charge in [0.15, 0.2) is 0 Å². The monoisotopic (exact) mass is 352 g/mol. The number of para-hydroxylation sites is 1. The highest BCUT2D eigenvalue weighted by Crippen LogP contribution is 2.47.